The minimum atomic E-state index is 0.195. The molecular weight excluding hydrogens is 312 g/mol. The summed E-state index contributed by atoms with van der Waals surface area (Å²) in [6, 6.07) is 16.4. The largest absolute Gasteiger partial charge is 0.353 e. The van der Waals surface area contributed by atoms with Crippen molar-refractivity contribution in [3.63, 3.8) is 0 Å². The number of amides is 1. The maximum Gasteiger partial charge on any atom is 0.236 e. The SMILES string of the molecule is O=C(CNCCCc1ccccc1)N1CCN(c2ccccn2)CC1. The summed E-state index contributed by atoms with van der Waals surface area (Å²) in [5, 5.41) is 3.28. The molecule has 5 heteroatoms. The lowest BCUT2D eigenvalue weighted by Gasteiger charge is -2.35. The number of aryl methyl sites for hydroxylation is 1. The average molecular weight is 338 g/mol. The second-order valence-corrected chi connectivity index (χ2v) is 6.32. The van der Waals surface area contributed by atoms with E-state index in [9.17, 15) is 4.79 Å². The van der Waals surface area contributed by atoms with Gasteiger partial charge in [0.25, 0.3) is 0 Å². The Morgan fingerprint density at radius 1 is 1.00 bits per heavy atom. The molecule has 1 aliphatic heterocycles. The number of rotatable bonds is 7. The first-order chi connectivity index (χ1) is 12.3. The van der Waals surface area contributed by atoms with Crippen LogP contribution in [0.4, 0.5) is 5.82 Å². The van der Waals surface area contributed by atoms with Gasteiger partial charge >= 0.3 is 0 Å². The number of benzene rings is 1. The Labute approximate surface area is 149 Å². The van der Waals surface area contributed by atoms with E-state index in [2.05, 4.69) is 39.5 Å². The number of carbonyl (C=O) groups is 1. The van der Waals surface area contributed by atoms with E-state index < -0.39 is 0 Å². The lowest BCUT2D eigenvalue weighted by Crippen LogP contribution is -2.51. The Kier molecular flexibility index (Phi) is 6.40. The van der Waals surface area contributed by atoms with Gasteiger partial charge in [-0.15, -0.1) is 0 Å². The van der Waals surface area contributed by atoms with Crippen molar-refractivity contribution in [2.45, 2.75) is 12.8 Å². The van der Waals surface area contributed by atoms with E-state index in [1.54, 1.807) is 0 Å². The molecule has 0 bridgehead atoms. The fourth-order valence-corrected chi connectivity index (χ4v) is 3.10. The summed E-state index contributed by atoms with van der Waals surface area (Å²) in [5.74, 6) is 1.19. The summed E-state index contributed by atoms with van der Waals surface area (Å²) < 4.78 is 0. The number of aromatic nitrogens is 1. The van der Waals surface area contributed by atoms with Crippen molar-refractivity contribution in [1.29, 1.82) is 0 Å². The molecule has 0 spiro atoms. The third-order valence-corrected chi connectivity index (χ3v) is 4.54. The monoisotopic (exact) mass is 338 g/mol. The number of pyridine rings is 1. The van der Waals surface area contributed by atoms with E-state index in [4.69, 9.17) is 0 Å². The summed E-state index contributed by atoms with van der Waals surface area (Å²) in [6.07, 6.45) is 3.90. The zero-order valence-electron chi connectivity index (χ0n) is 14.6. The van der Waals surface area contributed by atoms with Gasteiger partial charge in [0.1, 0.15) is 5.82 Å². The molecule has 0 saturated carbocycles. The molecule has 3 rings (SSSR count). The minimum absolute atomic E-state index is 0.195. The van der Waals surface area contributed by atoms with Gasteiger partial charge < -0.3 is 15.1 Å². The molecule has 0 atom stereocenters. The normalized spacial score (nSPS) is 14.6. The van der Waals surface area contributed by atoms with Crippen LogP contribution in [0.3, 0.4) is 0 Å². The molecule has 5 nitrogen and oxygen atoms in total. The van der Waals surface area contributed by atoms with Gasteiger partial charge in [0.15, 0.2) is 0 Å². The van der Waals surface area contributed by atoms with E-state index in [0.29, 0.717) is 6.54 Å². The lowest BCUT2D eigenvalue weighted by atomic mass is 10.1. The van der Waals surface area contributed by atoms with Crippen LogP contribution in [-0.4, -0.2) is 55.1 Å². The molecule has 132 valence electrons. The average Bonchev–Trinajstić information content (AvgIpc) is 2.69. The molecule has 1 aromatic carbocycles. The third-order valence-electron chi connectivity index (χ3n) is 4.54. The van der Waals surface area contributed by atoms with Gasteiger partial charge in [0.2, 0.25) is 5.91 Å². The highest BCUT2D eigenvalue weighted by Gasteiger charge is 2.21. The van der Waals surface area contributed by atoms with E-state index in [1.165, 1.54) is 5.56 Å². The van der Waals surface area contributed by atoms with Crippen molar-refractivity contribution in [2.24, 2.45) is 0 Å². The summed E-state index contributed by atoms with van der Waals surface area (Å²) in [7, 11) is 0. The lowest BCUT2D eigenvalue weighted by molar-refractivity contribution is -0.130. The molecule has 2 aromatic rings. The van der Waals surface area contributed by atoms with Crippen molar-refractivity contribution in [3.8, 4) is 0 Å². The first-order valence-corrected chi connectivity index (χ1v) is 9.01. The van der Waals surface area contributed by atoms with E-state index >= 15 is 0 Å². The fourth-order valence-electron chi connectivity index (χ4n) is 3.10. The van der Waals surface area contributed by atoms with E-state index in [0.717, 1.165) is 51.4 Å². The Balaban J connectivity index is 1.31. The highest BCUT2D eigenvalue weighted by Crippen LogP contribution is 2.12. The highest BCUT2D eigenvalue weighted by atomic mass is 16.2. The van der Waals surface area contributed by atoms with Crippen molar-refractivity contribution >= 4 is 11.7 Å². The summed E-state index contributed by atoms with van der Waals surface area (Å²) >= 11 is 0. The fraction of sp³-hybridized carbons (Fsp3) is 0.400. The molecule has 25 heavy (non-hydrogen) atoms. The number of hydrogen-bond donors (Lipinski definition) is 1. The Bertz CT molecular complexity index is 639. The molecule has 1 saturated heterocycles. The number of nitrogens with zero attached hydrogens (tertiary/aromatic N) is 3. The molecule has 0 aliphatic carbocycles. The summed E-state index contributed by atoms with van der Waals surface area (Å²) in [4.78, 5) is 20.9. The second kappa shape index (κ2) is 9.18. The smallest absolute Gasteiger partial charge is 0.236 e. The summed E-state index contributed by atoms with van der Waals surface area (Å²) in [6.45, 7) is 4.52. The van der Waals surface area contributed by atoms with Crippen LogP contribution in [0.2, 0.25) is 0 Å². The van der Waals surface area contributed by atoms with Crippen LogP contribution in [0, 0.1) is 0 Å². The number of piperazine rings is 1. The van der Waals surface area contributed by atoms with Gasteiger partial charge in [-0.2, -0.15) is 0 Å². The first kappa shape index (κ1) is 17.4. The Hall–Kier alpha value is -2.40. The van der Waals surface area contributed by atoms with Gasteiger partial charge in [-0.25, -0.2) is 4.98 Å². The van der Waals surface area contributed by atoms with Gasteiger partial charge in [-0.1, -0.05) is 36.4 Å². The van der Waals surface area contributed by atoms with Crippen molar-refractivity contribution < 1.29 is 4.79 Å². The third kappa shape index (κ3) is 5.29. The van der Waals surface area contributed by atoms with E-state index in [-0.39, 0.29) is 5.91 Å². The van der Waals surface area contributed by atoms with E-state index in [1.807, 2.05) is 35.4 Å². The Morgan fingerprint density at radius 2 is 1.76 bits per heavy atom. The molecule has 1 N–H and O–H groups in total. The van der Waals surface area contributed by atoms with Gasteiger partial charge in [-0.3, -0.25) is 4.79 Å². The maximum absolute atomic E-state index is 12.3. The van der Waals surface area contributed by atoms with Crippen LogP contribution in [0.15, 0.2) is 54.7 Å². The van der Waals surface area contributed by atoms with Crippen LogP contribution >= 0.6 is 0 Å². The molecule has 2 heterocycles. The first-order valence-electron chi connectivity index (χ1n) is 9.01. The van der Waals surface area contributed by atoms with Gasteiger partial charge in [0.05, 0.1) is 6.54 Å². The number of anilines is 1. The van der Waals surface area contributed by atoms with Crippen LogP contribution in [-0.2, 0) is 11.2 Å². The molecule has 0 unspecified atom stereocenters. The molecule has 0 radical (unpaired) electrons. The number of hydrogen-bond acceptors (Lipinski definition) is 4. The molecule has 1 fully saturated rings. The van der Waals surface area contributed by atoms with Crippen LogP contribution in [0.1, 0.15) is 12.0 Å². The van der Waals surface area contributed by atoms with Gasteiger partial charge in [0, 0.05) is 32.4 Å². The zero-order chi connectivity index (χ0) is 17.3. The second-order valence-electron chi connectivity index (χ2n) is 6.32. The number of nitrogens with one attached hydrogen (secondary N) is 1. The molecular formula is C20H26N4O. The van der Waals surface area contributed by atoms with Crippen molar-refractivity contribution in [2.75, 3.05) is 44.2 Å². The molecule has 1 aliphatic rings. The minimum Gasteiger partial charge on any atom is -0.353 e. The summed E-state index contributed by atoms with van der Waals surface area (Å²) in [5.41, 5.74) is 1.35. The highest BCUT2D eigenvalue weighted by molar-refractivity contribution is 5.78. The standard InChI is InChI=1S/C20H26N4O/c25-20(17-21-11-6-9-18-7-2-1-3-8-18)24-15-13-23(14-16-24)19-10-4-5-12-22-19/h1-5,7-8,10,12,21H,6,9,11,13-17H2. The van der Waals surface area contributed by atoms with Gasteiger partial charge in [-0.05, 0) is 37.1 Å². The Morgan fingerprint density at radius 3 is 2.48 bits per heavy atom. The van der Waals surface area contributed by atoms with Crippen LogP contribution in [0.5, 0.6) is 0 Å². The number of carbonyl (C=O) groups excluding carboxylic acids is 1. The quantitative estimate of drug-likeness (QED) is 0.784. The van der Waals surface area contributed by atoms with Crippen LogP contribution < -0.4 is 10.2 Å². The molecule has 1 amide bonds. The van der Waals surface area contributed by atoms with Crippen molar-refractivity contribution in [3.05, 3.63) is 60.3 Å². The predicted molar refractivity (Wildman–Crippen MR) is 101 cm³/mol. The zero-order valence-corrected chi connectivity index (χ0v) is 14.6. The van der Waals surface area contributed by atoms with Crippen LogP contribution in [0.25, 0.3) is 0 Å². The maximum atomic E-state index is 12.3. The molecule has 1 aromatic heterocycles. The van der Waals surface area contributed by atoms with Crippen molar-refractivity contribution in [1.82, 2.24) is 15.2 Å². The predicted octanol–water partition coefficient (Wildman–Crippen LogP) is 1.95. The topological polar surface area (TPSA) is 48.5 Å².